The maximum absolute atomic E-state index is 11.5. The van der Waals surface area contributed by atoms with Crippen LogP contribution in [0, 0.1) is 0 Å². The Morgan fingerprint density at radius 3 is 2.94 bits per heavy atom. The summed E-state index contributed by atoms with van der Waals surface area (Å²) < 4.78 is 6.20. The van der Waals surface area contributed by atoms with Crippen molar-refractivity contribution in [1.29, 1.82) is 0 Å². The lowest BCUT2D eigenvalue weighted by Gasteiger charge is -2.14. The summed E-state index contributed by atoms with van der Waals surface area (Å²) in [5.74, 6) is -0.0778. The average molecular weight is 300 g/mol. The number of benzene rings is 1. The van der Waals surface area contributed by atoms with Crippen molar-refractivity contribution in [3.8, 4) is 0 Å². The number of halogens is 1. The van der Waals surface area contributed by atoms with Gasteiger partial charge in [0.05, 0.1) is 6.04 Å². The lowest BCUT2D eigenvalue weighted by Crippen LogP contribution is -2.30. The van der Waals surface area contributed by atoms with E-state index in [9.17, 15) is 4.79 Å². The van der Waals surface area contributed by atoms with Gasteiger partial charge < -0.3 is 10.1 Å². The quantitative estimate of drug-likeness (QED) is 0.820. The Morgan fingerprint density at radius 2 is 2.29 bits per heavy atom. The molecule has 1 amide bonds. The smallest absolute Gasteiger partial charge is 0.246 e. The fourth-order valence-corrected chi connectivity index (χ4v) is 1.87. The molecule has 0 aliphatic carbocycles. The topological polar surface area (TPSA) is 38.3 Å². The van der Waals surface area contributed by atoms with Crippen LogP contribution in [0.2, 0.25) is 0 Å². The summed E-state index contributed by atoms with van der Waals surface area (Å²) in [6, 6.07) is 7.89. The van der Waals surface area contributed by atoms with Crippen LogP contribution in [0.3, 0.4) is 0 Å². The molecular weight excluding hydrogens is 282 g/mol. The van der Waals surface area contributed by atoms with Gasteiger partial charge in [-0.2, -0.15) is 0 Å². The molecule has 0 aromatic heterocycles. The van der Waals surface area contributed by atoms with Crippen LogP contribution in [-0.4, -0.2) is 19.1 Å². The van der Waals surface area contributed by atoms with Gasteiger partial charge in [0.2, 0.25) is 5.91 Å². The van der Waals surface area contributed by atoms with Gasteiger partial charge in [-0.3, -0.25) is 4.79 Å². The molecule has 17 heavy (non-hydrogen) atoms. The fraction of sp³-hybridized carbons (Fsp3) is 0.462. The minimum absolute atomic E-state index is 0.00905. The van der Waals surface area contributed by atoms with E-state index in [4.69, 9.17) is 4.74 Å². The number of amides is 1. The Labute approximate surface area is 111 Å². The normalized spacial score (nSPS) is 12.2. The zero-order valence-electron chi connectivity index (χ0n) is 10.2. The summed E-state index contributed by atoms with van der Waals surface area (Å²) in [6.07, 6.45) is 0.925. The molecule has 0 radical (unpaired) electrons. The Hall–Kier alpha value is -0.870. The molecule has 0 spiro atoms. The van der Waals surface area contributed by atoms with Crippen molar-refractivity contribution >= 4 is 21.8 Å². The molecule has 0 saturated carbocycles. The molecular formula is C13H18BrNO2. The second-order valence-electron chi connectivity index (χ2n) is 3.90. The summed E-state index contributed by atoms with van der Waals surface area (Å²) in [6.45, 7) is 4.73. The van der Waals surface area contributed by atoms with Crippen LogP contribution in [0.5, 0.6) is 0 Å². The van der Waals surface area contributed by atoms with E-state index in [-0.39, 0.29) is 18.6 Å². The first-order valence-electron chi connectivity index (χ1n) is 5.76. The molecule has 0 bridgehead atoms. The Morgan fingerprint density at radius 1 is 1.53 bits per heavy atom. The van der Waals surface area contributed by atoms with E-state index in [1.165, 1.54) is 0 Å². The number of rotatable bonds is 6. The van der Waals surface area contributed by atoms with Gasteiger partial charge >= 0.3 is 0 Å². The van der Waals surface area contributed by atoms with Gasteiger partial charge in [0.25, 0.3) is 0 Å². The standard InChI is InChI=1S/C13H18BrNO2/c1-3-7-17-9-13(16)15-10(2)11-5-4-6-12(14)8-11/h4-6,8,10H,3,7,9H2,1-2H3,(H,15,16)/t10-/m1/s1. The summed E-state index contributed by atoms with van der Waals surface area (Å²) >= 11 is 3.41. The molecule has 1 aromatic rings. The van der Waals surface area contributed by atoms with Gasteiger partial charge in [-0.1, -0.05) is 35.0 Å². The van der Waals surface area contributed by atoms with Crippen LogP contribution in [0.1, 0.15) is 31.9 Å². The van der Waals surface area contributed by atoms with Crippen LogP contribution < -0.4 is 5.32 Å². The number of hydrogen-bond acceptors (Lipinski definition) is 2. The monoisotopic (exact) mass is 299 g/mol. The average Bonchev–Trinajstić information content (AvgIpc) is 2.29. The SMILES string of the molecule is CCCOCC(=O)N[C@H](C)c1cccc(Br)c1. The Balaban J connectivity index is 2.43. The first-order chi connectivity index (χ1) is 8.13. The van der Waals surface area contributed by atoms with Crippen molar-refractivity contribution in [3.63, 3.8) is 0 Å². The highest BCUT2D eigenvalue weighted by molar-refractivity contribution is 9.10. The van der Waals surface area contributed by atoms with Gasteiger partial charge in [0.15, 0.2) is 0 Å². The molecule has 1 atom stereocenters. The Kier molecular flexibility index (Phi) is 6.22. The highest BCUT2D eigenvalue weighted by atomic mass is 79.9. The van der Waals surface area contributed by atoms with Gasteiger partial charge in [-0.15, -0.1) is 0 Å². The maximum atomic E-state index is 11.5. The zero-order valence-corrected chi connectivity index (χ0v) is 11.8. The lowest BCUT2D eigenvalue weighted by atomic mass is 10.1. The summed E-state index contributed by atoms with van der Waals surface area (Å²) in [7, 11) is 0. The van der Waals surface area contributed by atoms with E-state index in [0.29, 0.717) is 6.61 Å². The number of carbonyl (C=O) groups is 1. The maximum Gasteiger partial charge on any atom is 0.246 e. The van der Waals surface area contributed by atoms with Crippen molar-refractivity contribution in [2.24, 2.45) is 0 Å². The highest BCUT2D eigenvalue weighted by Crippen LogP contribution is 2.17. The second kappa shape index (κ2) is 7.45. The van der Waals surface area contributed by atoms with Crippen LogP contribution in [-0.2, 0) is 9.53 Å². The van der Waals surface area contributed by atoms with Crippen LogP contribution >= 0.6 is 15.9 Å². The van der Waals surface area contributed by atoms with Crippen molar-refractivity contribution in [3.05, 3.63) is 34.3 Å². The number of nitrogens with one attached hydrogen (secondary N) is 1. The van der Waals surface area contributed by atoms with Gasteiger partial charge in [-0.05, 0) is 31.0 Å². The number of hydrogen-bond donors (Lipinski definition) is 1. The summed E-state index contributed by atoms with van der Waals surface area (Å²) in [4.78, 5) is 11.5. The molecule has 0 fully saturated rings. The van der Waals surface area contributed by atoms with Crippen molar-refractivity contribution in [2.45, 2.75) is 26.3 Å². The number of ether oxygens (including phenoxy) is 1. The van der Waals surface area contributed by atoms with E-state index >= 15 is 0 Å². The van der Waals surface area contributed by atoms with Gasteiger partial charge in [-0.25, -0.2) is 0 Å². The van der Waals surface area contributed by atoms with E-state index in [0.717, 1.165) is 16.5 Å². The molecule has 3 nitrogen and oxygen atoms in total. The first-order valence-corrected chi connectivity index (χ1v) is 6.55. The van der Waals surface area contributed by atoms with E-state index in [1.807, 2.05) is 38.1 Å². The van der Waals surface area contributed by atoms with Crippen molar-refractivity contribution < 1.29 is 9.53 Å². The van der Waals surface area contributed by atoms with Gasteiger partial charge in [0.1, 0.15) is 6.61 Å². The van der Waals surface area contributed by atoms with Gasteiger partial charge in [0, 0.05) is 11.1 Å². The molecule has 94 valence electrons. The van der Waals surface area contributed by atoms with E-state index in [2.05, 4.69) is 21.2 Å². The molecule has 1 N–H and O–H groups in total. The Bertz CT molecular complexity index is 368. The minimum Gasteiger partial charge on any atom is -0.372 e. The van der Waals surface area contributed by atoms with E-state index in [1.54, 1.807) is 0 Å². The third-order valence-corrected chi connectivity index (χ3v) is 2.80. The first kappa shape index (κ1) is 14.2. The van der Waals surface area contributed by atoms with Crippen molar-refractivity contribution in [2.75, 3.05) is 13.2 Å². The van der Waals surface area contributed by atoms with Crippen LogP contribution in [0.25, 0.3) is 0 Å². The zero-order chi connectivity index (χ0) is 12.7. The summed E-state index contributed by atoms with van der Waals surface area (Å²) in [5.41, 5.74) is 1.07. The third kappa shape index (κ3) is 5.33. The highest BCUT2D eigenvalue weighted by Gasteiger charge is 2.09. The third-order valence-electron chi connectivity index (χ3n) is 2.31. The fourth-order valence-electron chi connectivity index (χ4n) is 1.45. The second-order valence-corrected chi connectivity index (χ2v) is 4.81. The molecule has 0 saturated heterocycles. The lowest BCUT2D eigenvalue weighted by molar-refractivity contribution is -0.126. The predicted molar refractivity (Wildman–Crippen MR) is 71.8 cm³/mol. The molecule has 0 aliphatic rings. The summed E-state index contributed by atoms with van der Waals surface area (Å²) in [5, 5.41) is 2.90. The molecule has 0 aliphatic heterocycles. The minimum atomic E-state index is -0.0778. The largest absolute Gasteiger partial charge is 0.372 e. The number of carbonyl (C=O) groups excluding carboxylic acids is 1. The van der Waals surface area contributed by atoms with Crippen molar-refractivity contribution in [1.82, 2.24) is 5.32 Å². The van der Waals surface area contributed by atoms with Crippen LogP contribution in [0.4, 0.5) is 0 Å². The van der Waals surface area contributed by atoms with E-state index < -0.39 is 0 Å². The predicted octanol–water partition coefficient (Wildman–Crippen LogP) is 3.05. The molecule has 4 heteroatoms. The molecule has 1 rings (SSSR count). The molecule has 0 unspecified atom stereocenters. The molecule has 1 aromatic carbocycles. The molecule has 0 heterocycles. The van der Waals surface area contributed by atoms with Crippen LogP contribution in [0.15, 0.2) is 28.7 Å².